The van der Waals surface area contributed by atoms with E-state index >= 15 is 0 Å². The Kier molecular flexibility index (Phi) is 4.19. The molecule has 4 heteroatoms. The summed E-state index contributed by atoms with van der Waals surface area (Å²) >= 11 is 6.11. The highest BCUT2D eigenvalue weighted by atomic mass is 35.5. The molecule has 1 aromatic rings. The number of hydrogen-bond donors (Lipinski definition) is 2. The number of carboxylic acid groups (broad SMARTS) is 1. The van der Waals surface area contributed by atoms with Gasteiger partial charge in [0.25, 0.3) is 0 Å². The lowest BCUT2D eigenvalue weighted by atomic mass is 10.1. The van der Waals surface area contributed by atoms with E-state index in [0.717, 1.165) is 16.8 Å². The van der Waals surface area contributed by atoms with Crippen LogP contribution in [0.5, 0.6) is 0 Å². The highest BCUT2D eigenvalue weighted by molar-refractivity contribution is 6.33. The summed E-state index contributed by atoms with van der Waals surface area (Å²) in [6.45, 7) is 5.75. The third kappa shape index (κ3) is 3.42. The van der Waals surface area contributed by atoms with Gasteiger partial charge in [0.1, 0.15) is 0 Å². The van der Waals surface area contributed by atoms with E-state index in [-0.39, 0.29) is 12.5 Å². The molecule has 0 radical (unpaired) electrons. The van der Waals surface area contributed by atoms with Gasteiger partial charge in [-0.3, -0.25) is 4.79 Å². The Morgan fingerprint density at radius 1 is 1.50 bits per heavy atom. The van der Waals surface area contributed by atoms with Crippen LogP contribution in [0, 0.1) is 13.8 Å². The highest BCUT2D eigenvalue weighted by Gasteiger charge is 2.11. The summed E-state index contributed by atoms with van der Waals surface area (Å²) in [5.41, 5.74) is 2.95. The number of aryl methyl sites for hydroxylation is 2. The molecule has 0 aliphatic carbocycles. The Balaban J connectivity index is 2.85. The van der Waals surface area contributed by atoms with Gasteiger partial charge in [-0.2, -0.15) is 0 Å². The lowest BCUT2D eigenvalue weighted by Crippen LogP contribution is -2.20. The zero-order chi connectivity index (χ0) is 12.3. The third-order valence-electron chi connectivity index (χ3n) is 2.30. The molecule has 0 aliphatic rings. The van der Waals surface area contributed by atoms with Crippen molar-refractivity contribution in [3.8, 4) is 0 Å². The van der Waals surface area contributed by atoms with E-state index in [1.807, 2.05) is 32.9 Å². The molecule has 0 bridgehead atoms. The molecule has 1 rings (SSSR count). The van der Waals surface area contributed by atoms with Crippen LogP contribution in [0.25, 0.3) is 0 Å². The maximum atomic E-state index is 10.6. The summed E-state index contributed by atoms with van der Waals surface area (Å²) in [5, 5.41) is 12.4. The molecule has 0 spiro atoms. The number of aliphatic carboxylic acids is 1. The molecular formula is C12H16ClNO2. The Morgan fingerprint density at radius 2 is 2.12 bits per heavy atom. The number of hydrogen-bond acceptors (Lipinski definition) is 2. The molecule has 0 aliphatic heterocycles. The molecule has 0 heterocycles. The molecule has 1 atom stereocenters. The molecule has 0 saturated heterocycles. The lowest BCUT2D eigenvalue weighted by molar-refractivity contribution is -0.137. The van der Waals surface area contributed by atoms with Gasteiger partial charge >= 0.3 is 5.97 Å². The molecule has 0 amide bonds. The maximum absolute atomic E-state index is 10.6. The molecule has 0 aromatic heterocycles. The van der Waals surface area contributed by atoms with Crippen molar-refractivity contribution in [3.05, 3.63) is 28.3 Å². The van der Waals surface area contributed by atoms with E-state index in [9.17, 15) is 4.79 Å². The van der Waals surface area contributed by atoms with Crippen molar-refractivity contribution >= 4 is 23.3 Å². The topological polar surface area (TPSA) is 49.3 Å². The number of nitrogens with one attached hydrogen (secondary N) is 1. The van der Waals surface area contributed by atoms with E-state index in [1.54, 1.807) is 0 Å². The van der Waals surface area contributed by atoms with Crippen molar-refractivity contribution < 1.29 is 9.90 Å². The van der Waals surface area contributed by atoms with Crippen molar-refractivity contribution in [2.24, 2.45) is 0 Å². The van der Waals surface area contributed by atoms with Gasteiger partial charge < -0.3 is 10.4 Å². The zero-order valence-electron chi connectivity index (χ0n) is 9.67. The number of carboxylic acids is 1. The molecule has 0 saturated carbocycles. The second-order valence-electron chi connectivity index (χ2n) is 4.08. The molecule has 0 fully saturated rings. The van der Waals surface area contributed by atoms with Crippen LogP contribution in [0.1, 0.15) is 24.5 Å². The first-order valence-corrected chi connectivity index (χ1v) is 5.53. The number of anilines is 1. The molecule has 16 heavy (non-hydrogen) atoms. The summed E-state index contributed by atoms with van der Waals surface area (Å²) in [6.07, 6.45) is 0.0731. The Hall–Kier alpha value is -1.22. The van der Waals surface area contributed by atoms with Crippen molar-refractivity contribution in [1.29, 1.82) is 0 Å². The minimum Gasteiger partial charge on any atom is -0.481 e. The summed E-state index contributed by atoms with van der Waals surface area (Å²) in [5.74, 6) is -0.819. The van der Waals surface area contributed by atoms with Gasteiger partial charge in [-0.25, -0.2) is 0 Å². The molecule has 1 aromatic carbocycles. The minimum atomic E-state index is -0.819. The highest BCUT2D eigenvalue weighted by Crippen LogP contribution is 2.28. The van der Waals surface area contributed by atoms with E-state index in [1.165, 1.54) is 0 Å². The first kappa shape index (κ1) is 12.8. The fraction of sp³-hybridized carbons (Fsp3) is 0.417. The third-order valence-corrected chi connectivity index (χ3v) is 2.60. The largest absolute Gasteiger partial charge is 0.481 e. The van der Waals surface area contributed by atoms with Gasteiger partial charge in [0, 0.05) is 6.04 Å². The van der Waals surface area contributed by atoms with Crippen molar-refractivity contribution in [1.82, 2.24) is 0 Å². The Labute approximate surface area is 100 Å². The van der Waals surface area contributed by atoms with Crippen molar-refractivity contribution in [2.45, 2.75) is 33.2 Å². The van der Waals surface area contributed by atoms with E-state index in [2.05, 4.69) is 5.32 Å². The normalized spacial score (nSPS) is 12.2. The standard InChI is InChI=1S/C12H16ClNO2/c1-7-4-8(2)12(10(13)5-7)14-9(3)6-11(15)16/h4-5,9,14H,6H2,1-3H3,(H,15,16). The molecule has 88 valence electrons. The van der Waals surface area contributed by atoms with E-state index < -0.39 is 5.97 Å². The van der Waals surface area contributed by atoms with Gasteiger partial charge in [-0.05, 0) is 38.0 Å². The van der Waals surface area contributed by atoms with Crippen LogP contribution in [0.15, 0.2) is 12.1 Å². The smallest absolute Gasteiger partial charge is 0.305 e. The van der Waals surface area contributed by atoms with Gasteiger partial charge in [0.15, 0.2) is 0 Å². The SMILES string of the molecule is Cc1cc(C)c(NC(C)CC(=O)O)c(Cl)c1. The monoisotopic (exact) mass is 241 g/mol. The summed E-state index contributed by atoms with van der Waals surface area (Å²) < 4.78 is 0. The van der Waals surface area contributed by atoms with Crippen molar-refractivity contribution in [3.63, 3.8) is 0 Å². The van der Waals surface area contributed by atoms with Gasteiger partial charge in [-0.1, -0.05) is 17.7 Å². The van der Waals surface area contributed by atoms with E-state index in [0.29, 0.717) is 5.02 Å². The predicted octanol–water partition coefficient (Wildman–Crippen LogP) is 3.23. The van der Waals surface area contributed by atoms with Crippen LogP contribution in [-0.4, -0.2) is 17.1 Å². The molecule has 3 nitrogen and oxygen atoms in total. The summed E-state index contributed by atoms with van der Waals surface area (Å²) in [6, 6.07) is 3.74. The number of benzene rings is 1. The fourth-order valence-corrected chi connectivity index (χ4v) is 2.03. The van der Waals surface area contributed by atoms with Crippen LogP contribution >= 0.6 is 11.6 Å². The van der Waals surface area contributed by atoms with Crippen LogP contribution in [0.3, 0.4) is 0 Å². The first-order chi connectivity index (χ1) is 7.40. The van der Waals surface area contributed by atoms with Crippen molar-refractivity contribution in [2.75, 3.05) is 5.32 Å². The van der Waals surface area contributed by atoms with Gasteiger partial charge in [0.2, 0.25) is 0 Å². The van der Waals surface area contributed by atoms with Crippen LogP contribution in [-0.2, 0) is 4.79 Å². The maximum Gasteiger partial charge on any atom is 0.305 e. The number of rotatable bonds is 4. The van der Waals surface area contributed by atoms with Gasteiger partial charge in [0.05, 0.1) is 17.1 Å². The fourth-order valence-electron chi connectivity index (χ4n) is 1.66. The molecule has 2 N–H and O–H groups in total. The van der Waals surface area contributed by atoms with Crippen LogP contribution < -0.4 is 5.32 Å². The first-order valence-electron chi connectivity index (χ1n) is 5.15. The number of carbonyl (C=O) groups is 1. The van der Waals surface area contributed by atoms with Gasteiger partial charge in [-0.15, -0.1) is 0 Å². The second kappa shape index (κ2) is 5.21. The molecule has 1 unspecified atom stereocenters. The zero-order valence-corrected chi connectivity index (χ0v) is 10.4. The average Bonchev–Trinajstić information content (AvgIpc) is 2.09. The Morgan fingerprint density at radius 3 is 2.62 bits per heavy atom. The minimum absolute atomic E-state index is 0.0731. The average molecular weight is 242 g/mol. The van der Waals surface area contributed by atoms with Crippen LogP contribution in [0.4, 0.5) is 5.69 Å². The number of halogens is 1. The van der Waals surface area contributed by atoms with E-state index in [4.69, 9.17) is 16.7 Å². The Bertz CT molecular complexity index is 381. The lowest BCUT2D eigenvalue weighted by Gasteiger charge is -2.17. The predicted molar refractivity (Wildman–Crippen MR) is 66.3 cm³/mol. The quantitative estimate of drug-likeness (QED) is 0.851. The summed E-state index contributed by atoms with van der Waals surface area (Å²) in [4.78, 5) is 10.6. The molecular weight excluding hydrogens is 226 g/mol. The van der Waals surface area contributed by atoms with Crippen LogP contribution in [0.2, 0.25) is 5.02 Å². The second-order valence-corrected chi connectivity index (χ2v) is 4.49. The summed E-state index contributed by atoms with van der Waals surface area (Å²) in [7, 11) is 0.